The number of carbonyl (C=O) groups excluding carboxylic acids is 1. The molecule has 0 bridgehead atoms. The van der Waals surface area contributed by atoms with E-state index in [9.17, 15) is 127 Å². The largest absolute Gasteiger partial charge is 0.394 e. The number of halogens is 1. The summed E-state index contributed by atoms with van der Waals surface area (Å²) in [5.74, 6) is -5.24. The van der Waals surface area contributed by atoms with Gasteiger partial charge < -0.3 is 208 Å². The standard InChI is InChI=1S/C60H102BrNO42/c1-15-29(72)45(23(10-67)89-52(15)62-28(71)5-61)98-53-16(2)30(73)48(26(13-70)94-53)101-58-44(87)49(102-60-51(41(84)36(79)22(9-66)93-60)104-55-18(4)32(75)47(25(12-69)96-55)100-57-43(86)39(82)34(77)20(7-64)91-57)37(80)27(97-58)14-88-59-50(40(83)35(78)21(8-65)92-59)103-54-17(3)31(74)46(24(11-68)95-54)99-56-42(85)38(81)33(76)19(6-63)90-56/h15-27,29-60,63-70,72-87H,5-14H2,1-4H3,(H,62,71)/t15?,16?,17?,18-,19?,20?,21?,22+,23?,24-,25?,26?,27?,29?,30?,31?,32?,33-,34-,35+,36+,37+,38?,39?,40?,41?,42-,43-,44+,45+,46+,47+,48+,49?,50+,51?,52+,53-,54-,55-,56-,57-,58-,59-,60+/m0/s1. The molecule has 1 amide bonds. The van der Waals surface area contributed by atoms with Crippen molar-refractivity contribution in [2.45, 2.75) is 280 Å². The fourth-order valence-corrected chi connectivity index (χ4v) is 14.1. The van der Waals surface area contributed by atoms with Crippen LogP contribution in [0.3, 0.4) is 0 Å². The molecule has 9 rings (SSSR count). The van der Waals surface area contributed by atoms with E-state index >= 15 is 0 Å². The van der Waals surface area contributed by atoms with E-state index in [1.807, 2.05) is 0 Å². The first-order valence-electron chi connectivity index (χ1n) is 34.1. The summed E-state index contributed by atoms with van der Waals surface area (Å²) >= 11 is 3.04. The Balaban J connectivity index is 0.987. The van der Waals surface area contributed by atoms with Crippen LogP contribution < -0.4 is 5.32 Å². The third-order valence-electron chi connectivity index (χ3n) is 20.6. The first-order chi connectivity index (χ1) is 49.4. The van der Waals surface area contributed by atoms with Gasteiger partial charge in [0.2, 0.25) is 5.91 Å². The van der Waals surface area contributed by atoms with Crippen molar-refractivity contribution in [3.8, 4) is 0 Å². The van der Waals surface area contributed by atoms with E-state index in [2.05, 4.69) is 21.2 Å². The van der Waals surface area contributed by atoms with Crippen molar-refractivity contribution < 1.29 is 208 Å². The molecule has 0 aromatic rings. The average molecular weight is 1590 g/mol. The van der Waals surface area contributed by atoms with Gasteiger partial charge >= 0.3 is 0 Å². The van der Waals surface area contributed by atoms with E-state index < -0.39 is 341 Å². The molecule has 0 radical (unpaired) electrons. The summed E-state index contributed by atoms with van der Waals surface area (Å²) in [4.78, 5) is 12.3. The highest BCUT2D eigenvalue weighted by Crippen LogP contribution is 2.42. The van der Waals surface area contributed by atoms with Crippen LogP contribution in [0.2, 0.25) is 0 Å². The molecule has 20 unspecified atom stereocenters. The number of amides is 1. The minimum atomic E-state index is -2.36. The van der Waals surface area contributed by atoms with Gasteiger partial charge in [0.25, 0.3) is 0 Å². The fraction of sp³-hybridized carbons (Fsp3) is 0.983. The molecule has 9 aliphatic heterocycles. The summed E-state index contributed by atoms with van der Waals surface area (Å²) in [5, 5.41) is 266. The predicted octanol–water partition coefficient (Wildman–Crippen LogP) is -15.0. The minimum absolute atomic E-state index is 0.127. The zero-order chi connectivity index (χ0) is 76.4. The highest BCUT2D eigenvalue weighted by atomic mass is 79.9. The predicted molar refractivity (Wildman–Crippen MR) is 329 cm³/mol. The van der Waals surface area contributed by atoms with Crippen molar-refractivity contribution in [3.63, 3.8) is 0 Å². The normalized spacial score (nSPS) is 52.0. The lowest BCUT2D eigenvalue weighted by atomic mass is 9.89. The first kappa shape index (κ1) is 86.3. The lowest BCUT2D eigenvalue weighted by Crippen LogP contribution is -2.68. The lowest BCUT2D eigenvalue weighted by molar-refractivity contribution is -0.402. The van der Waals surface area contributed by atoms with E-state index in [1.165, 1.54) is 27.7 Å². The number of carbonyl (C=O) groups is 1. The van der Waals surface area contributed by atoms with Gasteiger partial charge in [-0.3, -0.25) is 4.79 Å². The van der Waals surface area contributed by atoms with E-state index in [-0.39, 0.29) is 5.33 Å². The number of ether oxygens (including phenoxy) is 17. The Bertz CT molecular complexity index is 2600. The minimum Gasteiger partial charge on any atom is -0.394 e. The van der Waals surface area contributed by atoms with Crippen LogP contribution in [-0.4, -0.2) is 445 Å². The second-order valence-corrected chi connectivity index (χ2v) is 28.0. The van der Waals surface area contributed by atoms with Gasteiger partial charge in [0.15, 0.2) is 50.3 Å². The Morgan fingerprint density at radius 3 is 0.933 bits per heavy atom. The molecular weight excluding hydrogens is 1490 g/mol. The molecule has 0 aromatic carbocycles. The molecule has 43 nitrogen and oxygen atoms in total. The SMILES string of the molecule is CC1C(O)[C@H](O[C@@H]2OC(CO[C@H]3OC(CO)[C@@H](O)C(O)[C@H]3O[C@@H]3O[C@@H](CO)[C@@H](O[C@@H]4OC(CO)[C@H](O)C(O)[C@@H]4O)C(O)C3C)[C@@H](O)C(O[C@H]3O[C@H](CO)[C@@H](O)C(O)C3O[C@@H]3OC(CO)[C@@H](O[C@@H]4OC(CO)[C@H](O)C(O)[C@@H]4O)C(O)[C@@H]3C)[C@H]2O)C(CO)O[C@H]1O[C@@H]1C(CO)O[C@@H](NC(=O)CBr)C(C)C1O. The van der Waals surface area contributed by atoms with Crippen LogP contribution in [0.5, 0.6) is 0 Å². The Hall–Kier alpha value is -1.69. The van der Waals surface area contributed by atoms with Gasteiger partial charge in [-0.1, -0.05) is 43.6 Å². The molecule has 9 heterocycles. The maximum Gasteiger partial charge on any atom is 0.232 e. The van der Waals surface area contributed by atoms with Gasteiger partial charge in [-0.2, -0.15) is 0 Å². The highest BCUT2D eigenvalue weighted by Gasteiger charge is 2.60. The van der Waals surface area contributed by atoms with Crippen LogP contribution in [0.1, 0.15) is 27.7 Å². The Morgan fingerprint density at radius 2 is 0.558 bits per heavy atom. The van der Waals surface area contributed by atoms with E-state index in [1.54, 1.807) is 0 Å². The molecule has 9 saturated heterocycles. The fourth-order valence-electron chi connectivity index (χ4n) is 13.9. The third kappa shape index (κ3) is 18.2. The molecule has 0 aliphatic carbocycles. The second-order valence-electron chi connectivity index (χ2n) is 27.4. The van der Waals surface area contributed by atoms with Crippen LogP contribution in [-0.2, 0) is 85.3 Å². The van der Waals surface area contributed by atoms with Crippen LogP contribution in [0.4, 0.5) is 0 Å². The van der Waals surface area contributed by atoms with Gasteiger partial charge in [-0.15, -0.1) is 0 Å². The number of rotatable bonds is 27. The van der Waals surface area contributed by atoms with E-state index in [0.29, 0.717) is 0 Å². The monoisotopic (exact) mass is 1590 g/mol. The maximum absolute atomic E-state index is 12.5. The van der Waals surface area contributed by atoms with Crippen LogP contribution >= 0.6 is 15.9 Å². The molecule has 104 heavy (non-hydrogen) atoms. The summed E-state index contributed by atoms with van der Waals surface area (Å²) in [7, 11) is 0. The molecule has 45 atom stereocenters. The second kappa shape index (κ2) is 37.8. The van der Waals surface area contributed by atoms with Crippen molar-refractivity contribution in [2.75, 3.05) is 64.8 Å². The van der Waals surface area contributed by atoms with Crippen LogP contribution in [0.25, 0.3) is 0 Å². The van der Waals surface area contributed by atoms with E-state index in [0.717, 1.165) is 0 Å². The summed E-state index contributed by atoms with van der Waals surface area (Å²) in [6.07, 6.45) is -74.8. The Kier molecular flexibility index (Phi) is 31.3. The van der Waals surface area contributed by atoms with Gasteiger partial charge in [0.05, 0.1) is 89.2 Å². The molecule has 44 heteroatoms. The topological polar surface area (TPSA) is 672 Å². The van der Waals surface area contributed by atoms with Crippen molar-refractivity contribution in [1.82, 2.24) is 5.32 Å². The van der Waals surface area contributed by atoms with Crippen LogP contribution in [0, 0.1) is 23.7 Å². The zero-order valence-electron chi connectivity index (χ0n) is 56.5. The Morgan fingerprint density at radius 1 is 0.279 bits per heavy atom. The average Bonchev–Trinajstić information content (AvgIpc) is 0.824. The van der Waals surface area contributed by atoms with E-state index in [4.69, 9.17) is 80.5 Å². The molecule has 0 spiro atoms. The molecule has 9 aliphatic rings. The van der Waals surface area contributed by atoms with Gasteiger partial charge in [-0.25, -0.2) is 0 Å². The van der Waals surface area contributed by atoms with Gasteiger partial charge in [-0.05, 0) is 0 Å². The maximum atomic E-state index is 12.5. The molecule has 9 fully saturated rings. The number of hydrogen-bond acceptors (Lipinski definition) is 42. The van der Waals surface area contributed by atoms with Crippen molar-refractivity contribution in [2.24, 2.45) is 23.7 Å². The molecule has 0 saturated carbocycles. The highest BCUT2D eigenvalue weighted by molar-refractivity contribution is 9.09. The summed E-state index contributed by atoms with van der Waals surface area (Å²) in [6.45, 7) is -2.98. The van der Waals surface area contributed by atoms with Crippen molar-refractivity contribution in [1.29, 1.82) is 0 Å². The number of nitrogens with one attached hydrogen (secondary N) is 1. The smallest absolute Gasteiger partial charge is 0.232 e. The van der Waals surface area contributed by atoms with Crippen LogP contribution in [0.15, 0.2) is 0 Å². The summed E-state index contributed by atoms with van der Waals surface area (Å²) < 4.78 is 102. The van der Waals surface area contributed by atoms with Gasteiger partial charge in [0, 0.05) is 23.7 Å². The number of aliphatic hydroxyl groups excluding tert-OH is 24. The third-order valence-corrected chi connectivity index (χ3v) is 21.1. The van der Waals surface area contributed by atoms with Crippen molar-refractivity contribution >= 4 is 21.8 Å². The molecule has 25 N–H and O–H groups in total. The van der Waals surface area contributed by atoms with Gasteiger partial charge in [0.1, 0.15) is 177 Å². The Labute approximate surface area is 601 Å². The number of aliphatic hydroxyl groups is 24. The first-order valence-corrected chi connectivity index (χ1v) is 35.2. The number of alkyl halides is 1. The lowest BCUT2D eigenvalue weighted by Gasteiger charge is -2.51. The quantitative estimate of drug-likeness (QED) is 0.0340. The summed E-state index contributed by atoms with van der Waals surface area (Å²) in [5.41, 5.74) is 0. The summed E-state index contributed by atoms with van der Waals surface area (Å²) in [6, 6.07) is 0. The molecular formula is C60H102BrNO42. The number of hydrogen-bond donors (Lipinski definition) is 25. The molecule has 0 aromatic heterocycles. The van der Waals surface area contributed by atoms with Crippen molar-refractivity contribution in [3.05, 3.63) is 0 Å². The zero-order valence-corrected chi connectivity index (χ0v) is 58.1. The molecule has 606 valence electrons.